The Bertz CT molecular complexity index is 695. The average molecular weight is 325 g/mol. The van der Waals surface area contributed by atoms with Gasteiger partial charge in [0.2, 0.25) is 0 Å². The fourth-order valence-electron chi connectivity index (χ4n) is 2.64. The normalized spacial score (nSPS) is 21.8. The number of sulfone groups is 1. The van der Waals surface area contributed by atoms with Crippen molar-refractivity contribution in [3.63, 3.8) is 0 Å². The number of rotatable bonds is 4. The lowest BCUT2D eigenvalue weighted by molar-refractivity contribution is -0.147. The molecular formula is C15H19NO5S. The Balaban J connectivity index is 2.29. The Morgan fingerprint density at radius 1 is 1.27 bits per heavy atom. The van der Waals surface area contributed by atoms with Gasteiger partial charge in [-0.25, -0.2) is 13.2 Å². The number of carboxylic acid groups (broad SMARTS) is 1. The Kier molecular flexibility index (Phi) is 4.28. The molecule has 1 fully saturated rings. The summed E-state index contributed by atoms with van der Waals surface area (Å²) in [5.41, 5.74) is -0.907. The molecule has 1 N–H and O–H groups in total. The molecule has 1 aliphatic rings. The molecule has 120 valence electrons. The van der Waals surface area contributed by atoms with E-state index in [0.29, 0.717) is 24.9 Å². The average Bonchev–Trinajstić information content (AvgIpc) is 2.90. The number of carboxylic acids is 1. The second-order valence-electron chi connectivity index (χ2n) is 5.57. The summed E-state index contributed by atoms with van der Waals surface area (Å²) in [7, 11) is -3.31. The van der Waals surface area contributed by atoms with Gasteiger partial charge in [-0.3, -0.25) is 4.79 Å². The zero-order valence-electron chi connectivity index (χ0n) is 12.6. The van der Waals surface area contributed by atoms with Gasteiger partial charge in [-0.1, -0.05) is 6.92 Å². The van der Waals surface area contributed by atoms with Crippen LogP contribution in [0.2, 0.25) is 0 Å². The van der Waals surface area contributed by atoms with E-state index in [-0.39, 0.29) is 16.6 Å². The van der Waals surface area contributed by atoms with E-state index >= 15 is 0 Å². The van der Waals surface area contributed by atoms with Crippen LogP contribution in [-0.4, -0.2) is 48.1 Å². The van der Waals surface area contributed by atoms with Gasteiger partial charge >= 0.3 is 5.97 Å². The zero-order chi connectivity index (χ0) is 16.5. The molecular weight excluding hydrogens is 306 g/mol. The zero-order valence-corrected chi connectivity index (χ0v) is 13.4. The smallest absolute Gasteiger partial charge is 0.329 e. The summed E-state index contributed by atoms with van der Waals surface area (Å²) < 4.78 is 23.5. The van der Waals surface area contributed by atoms with Crippen LogP contribution in [0.1, 0.15) is 37.0 Å². The maximum Gasteiger partial charge on any atom is 0.329 e. The summed E-state index contributed by atoms with van der Waals surface area (Å²) in [5, 5.41) is 9.35. The second kappa shape index (κ2) is 5.72. The Labute approximate surface area is 129 Å². The highest BCUT2D eigenvalue weighted by Crippen LogP contribution is 2.31. The molecule has 0 radical (unpaired) electrons. The molecule has 0 aromatic heterocycles. The number of nitrogens with zero attached hydrogens (tertiary/aromatic N) is 1. The molecule has 1 heterocycles. The van der Waals surface area contributed by atoms with Crippen LogP contribution in [0.5, 0.6) is 0 Å². The van der Waals surface area contributed by atoms with Crippen LogP contribution in [0.3, 0.4) is 0 Å². The molecule has 6 nitrogen and oxygen atoms in total. The van der Waals surface area contributed by atoms with Gasteiger partial charge in [-0.05, 0) is 44.0 Å². The maximum absolute atomic E-state index is 12.5. The molecule has 1 unspecified atom stereocenters. The first kappa shape index (κ1) is 16.5. The lowest BCUT2D eigenvalue weighted by Crippen LogP contribution is -2.50. The monoisotopic (exact) mass is 325 g/mol. The number of likely N-dealkylation sites (tertiary alicyclic amines) is 1. The van der Waals surface area contributed by atoms with Crippen molar-refractivity contribution in [3.05, 3.63) is 29.8 Å². The van der Waals surface area contributed by atoms with Gasteiger partial charge in [0.15, 0.2) is 9.84 Å². The molecule has 1 aromatic rings. The summed E-state index contributed by atoms with van der Waals surface area (Å²) >= 11 is 0. The van der Waals surface area contributed by atoms with E-state index in [1.807, 2.05) is 0 Å². The van der Waals surface area contributed by atoms with Crippen molar-refractivity contribution in [2.45, 2.75) is 37.1 Å². The van der Waals surface area contributed by atoms with E-state index in [1.54, 1.807) is 6.92 Å². The van der Waals surface area contributed by atoms with Crippen LogP contribution in [0.25, 0.3) is 0 Å². The Morgan fingerprint density at radius 3 is 2.36 bits per heavy atom. The third-order valence-corrected chi connectivity index (χ3v) is 5.94. The van der Waals surface area contributed by atoms with Gasteiger partial charge < -0.3 is 10.0 Å². The van der Waals surface area contributed by atoms with E-state index in [9.17, 15) is 23.1 Å². The van der Waals surface area contributed by atoms with E-state index in [4.69, 9.17) is 0 Å². The highest BCUT2D eigenvalue weighted by atomic mass is 32.2. The largest absolute Gasteiger partial charge is 0.480 e. The van der Waals surface area contributed by atoms with Crippen molar-refractivity contribution in [2.24, 2.45) is 0 Å². The maximum atomic E-state index is 12.5. The lowest BCUT2D eigenvalue weighted by atomic mass is 9.98. The van der Waals surface area contributed by atoms with Gasteiger partial charge in [0.25, 0.3) is 5.91 Å². The number of amides is 1. The molecule has 0 saturated carbocycles. The summed E-state index contributed by atoms with van der Waals surface area (Å²) in [4.78, 5) is 25.4. The van der Waals surface area contributed by atoms with Crippen molar-refractivity contribution in [2.75, 3.05) is 12.3 Å². The number of aliphatic carboxylic acids is 1. The van der Waals surface area contributed by atoms with Crippen molar-refractivity contribution in [3.8, 4) is 0 Å². The highest BCUT2D eigenvalue weighted by Gasteiger charge is 2.46. The van der Waals surface area contributed by atoms with Gasteiger partial charge in [-0.2, -0.15) is 0 Å². The minimum absolute atomic E-state index is 0.0104. The molecule has 1 saturated heterocycles. The molecule has 1 aromatic carbocycles. The number of hydrogen-bond acceptors (Lipinski definition) is 4. The van der Waals surface area contributed by atoms with Crippen LogP contribution in [0.15, 0.2) is 29.2 Å². The SMILES string of the molecule is CCS(=O)(=O)c1ccc(C(=O)N2CCCC2(C)C(=O)O)cc1. The van der Waals surface area contributed by atoms with Crippen molar-refractivity contribution >= 4 is 21.7 Å². The van der Waals surface area contributed by atoms with E-state index in [2.05, 4.69) is 0 Å². The molecule has 1 atom stereocenters. The second-order valence-corrected chi connectivity index (χ2v) is 7.85. The molecule has 1 aliphatic heterocycles. The van der Waals surface area contributed by atoms with Crippen LogP contribution < -0.4 is 0 Å². The summed E-state index contributed by atoms with van der Waals surface area (Å²) in [6.45, 7) is 3.48. The molecule has 2 rings (SSSR count). The van der Waals surface area contributed by atoms with Gasteiger partial charge in [0.1, 0.15) is 5.54 Å². The molecule has 7 heteroatoms. The number of hydrogen-bond donors (Lipinski definition) is 1. The highest BCUT2D eigenvalue weighted by molar-refractivity contribution is 7.91. The Morgan fingerprint density at radius 2 is 1.86 bits per heavy atom. The fourth-order valence-corrected chi connectivity index (χ4v) is 3.52. The molecule has 0 aliphatic carbocycles. The van der Waals surface area contributed by atoms with E-state index < -0.39 is 21.3 Å². The lowest BCUT2D eigenvalue weighted by Gasteiger charge is -2.31. The molecule has 0 spiro atoms. The number of carbonyl (C=O) groups is 2. The van der Waals surface area contributed by atoms with Gasteiger partial charge in [0, 0.05) is 12.1 Å². The topological polar surface area (TPSA) is 91.8 Å². The first-order valence-corrected chi connectivity index (χ1v) is 8.76. The predicted molar refractivity (Wildman–Crippen MR) is 80.5 cm³/mol. The van der Waals surface area contributed by atoms with Crippen molar-refractivity contribution in [1.82, 2.24) is 4.90 Å². The van der Waals surface area contributed by atoms with Crippen LogP contribution in [0.4, 0.5) is 0 Å². The Hall–Kier alpha value is -1.89. The fraction of sp³-hybridized carbons (Fsp3) is 0.467. The predicted octanol–water partition coefficient (Wildman–Crippen LogP) is 1.56. The van der Waals surface area contributed by atoms with Gasteiger partial charge in [0.05, 0.1) is 10.6 Å². The third-order valence-electron chi connectivity index (χ3n) is 4.19. The summed E-state index contributed by atoms with van der Waals surface area (Å²) in [6, 6.07) is 5.65. The standard InChI is InChI=1S/C15H19NO5S/c1-3-22(20,21)12-7-5-11(6-8-12)13(17)16-10-4-9-15(16,2)14(18)19/h5-8H,3-4,9-10H2,1-2H3,(H,18,19). The molecule has 1 amide bonds. The molecule has 0 bridgehead atoms. The quantitative estimate of drug-likeness (QED) is 0.907. The minimum atomic E-state index is -3.31. The van der Waals surface area contributed by atoms with Gasteiger partial charge in [-0.15, -0.1) is 0 Å². The first-order valence-electron chi connectivity index (χ1n) is 7.10. The number of benzene rings is 1. The molecule has 22 heavy (non-hydrogen) atoms. The minimum Gasteiger partial charge on any atom is -0.480 e. The van der Waals surface area contributed by atoms with Crippen molar-refractivity contribution in [1.29, 1.82) is 0 Å². The van der Waals surface area contributed by atoms with Crippen LogP contribution in [-0.2, 0) is 14.6 Å². The van der Waals surface area contributed by atoms with Crippen molar-refractivity contribution < 1.29 is 23.1 Å². The number of carbonyl (C=O) groups excluding carboxylic acids is 1. The van der Waals surface area contributed by atoms with E-state index in [0.717, 1.165) is 0 Å². The van der Waals surface area contributed by atoms with Crippen LogP contribution >= 0.6 is 0 Å². The summed E-state index contributed by atoms with van der Waals surface area (Å²) in [5.74, 6) is -1.42. The van der Waals surface area contributed by atoms with E-state index in [1.165, 1.54) is 36.1 Å². The van der Waals surface area contributed by atoms with Crippen LogP contribution in [0, 0.1) is 0 Å². The summed E-state index contributed by atoms with van der Waals surface area (Å²) in [6.07, 6.45) is 1.05. The third kappa shape index (κ3) is 2.72. The first-order chi connectivity index (χ1) is 10.2.